The van der Waals surface area contributed by atoms with Gasteiger partial charge < -0.3 is 23.8 Å². The topological polar surface area (TPSA) is 57.2 Å². The monoisotopic (exact) mass is 551 g/mol. The highest BCUT2D eigenvalue weighted by molar-refractivity contribution is 5.80. The number of hydrogen-bond donors (Lipinski definition) is 0. The predicted molar refractivity (Wildman–Crippen MR) is 160 cm³/mol. The van der Waals surface area contributed by atoms with Crippen LogP contribution in [0.4, 0.5) is 0 Å². The summed E-state index contributed by atoms with van der Waals surface area (Å²) >= 11 is 0. The maximum atomic E-state index is 13.8. The van der Waals surface area contributed by atoms with E-state index in [-0.39, 0.29) is 17.7 Å². The van der Waals surface area contributed by atoms with Crippen molar-refractivity contribution in [2.75, 3.05) is 27.9 Å². The van der Waals surface area contributed by atoms with Crippen LogP contribution >= 0.6 is 0 Å². The fourth-order valence-corrected chi connectivity index (χ4v) is 5.58. The SMILES string of the molecule is COc1ccc(C2CC(Cc3ccc(OCc4ccccc4)c(OC)c3)C(=O)N(Cc3ccccc3)C2)cc1OC. The molecule has 0 aromatic heterocycles. The van der Waals surface area contributed by atoms with E-state index >= 15 is 0 Å². The van der Waals surface area contributed by atoms with Crippen molar-refractivity contribution in [2.45, 2.75) is 31.9 Å². The summed E-state index contributed by atoms with van der Waals surface area (Å²) in [5, 5.41) is 0. The highest BCUT2D eigenvalue weighted by Crippen LogP contribution is 2.38. The zero-order valence-corrected chi connectivity index (χ0v) is 23.9. The Kier molecular flexibility index (Phi) is 9.09. The van der Waals surface area contributed by atoms with E-state index in [1.54, 1.807) is 21.3 Å². The lowest BCUT2D eigenvalue weighted by Crippen LogP contribution is -2.44. The van der Waals surface area contributed by atoms with Crippen LogP contribution in [0.5, 0.6) is 23.0 Å². The minimum atomic E-state index is -0.175. The number of hydrogen-bond acceptors (Lipinski definition) is 5. The van der Waals surface area contributed by atoms with E-state index in [4.69, 9.17) is 18.9 Å². The molecule has 2 atom stereocenters. The standard InChI is InChI=1S/C35H37NO5/c1-38-31-17-15-28(21-34(31)40-3)30-20-29(35(37)36(23-30)22-25-10-6-4-7-11-25)18-27-14-16-32(33(19-27)39-2)41-24-26-12-8-5-9-13-26/h4-17,19,21,29-30H,18,20,22-24H2,1-3H3. The molecule has 4 aromatic rings. The molecule has 6 heteroatoms. The van der Waals surface area contributed by atoms with E-state index in [1.165, 1.54) is 0 Å². The molecule has 212 valence electrons. The Morgan fingerprint density at radius 2 is 1.32 bits per heavy atom. The Morgan fingerprint density at radius 1 is 0.683 bits per heavy atom. The number of piperidine rings is 1. The van der Waals surface area contributed by atoms with E-state index in [0.717, 1.165) is 28.7 Å². The second kappa shape index (κ2) is 13.3. The molecule has 1 aliphatic heterocycles. The van der Waals surface area contributed by atoms with Crippen LogP contribution in [0, 0.1) is 5.92 Å². The highest BCUT2D eigenvalue weighted by atomic mass is 16.5. The number of methoxy groups -OCH3 is 3. The second-order valence-corrected chi connectivity index (χ2v) is 10.4. The van der Waals surface area contributed by atoms with Gasteiger partial charge in [0.2, 0.25) is 5.91 Å². The molecule has 0 spiro atoms. The van der Waals surface area contributed by atoms with Gasteiger partial charge in [0.1, 0.15) is 6.61 Å². The molecule has 1 amide bonds. The second-order valence-electron chi connectivity index (χ2n) is 10.4. The first-order chi connectivity index (χ1) is 20.1. The molecule has 4 aromatic carbocycles. The van der Waals surface area contributed by atoms with Gasteiger partial charge >= 0.3 is 0 Å². The summed E-state index contributed by atoms with van der Waals surface area (Å²) in [4.78, 5) is 15.8. The van der Waals surface area contributed by atoms with Crippen LogP contribution in [-0.2, 0) is 24.4 Å². The van der Waals surface area contributed by atoms with Crippen LogP contribution < -0.4 is 18.9 Å². The van der Waals surface area contributed by atoms with Gasteiger partial charge in [0.25, 0.3) is 0 Å². The van der Waals surface area contributed by atoms with Gasteiger partial charge in [-0.2, -0.15) is 0 Å². The molecule has 0 radical (unpaired) electrons. The minimum Gasteiger partial charge on any atom is -0.493 e. The lowest BCUT2D eigenvalue weighted by Gasteiger charge is -2.38. The molecule has 0 aliphatic carbocycles. The normalized spacial score (nSPS) is 16.8. The molecule has 6 nitrogen and oxygen atoms in total. The maximum Gasteiger partial charge on any atom is 0.226 e. The Morgan fingerprint density at radius 3 is 2.00 bits per heavy atom. The summed E-state index contributed by atoms with van der Waals surface area (Å²) in [7, 11) is 4.94. The number of carbonyl (C=O) groups is 1. The van der Waals surface area contributed by atoms with E-state index < -0.39 is 0 Å². The van der Waals surface area contributed by atoms with Crippen molar-refractivity contribution >= 4 is 5.91 Å². The number of rotatable bonds is 11. The van der Waals surface area contributed by atoms with Crippen LogP contribution in [0.15, 0.2) is 97.1 Å². The van der Waals surface area contributed by atoms with Crippen LogP contribution in [0.2, 0.25) is 0 Å². The van der Waals surface area contributed by atoms with Crippen molar-refractivity contribution in [1.29, 1.82) is 0 Å². The molecule has 0 N–H and O–H groups in total. The molecule has 1 saturated heterocycles. The van der Waals surface area contributed by atoms with Crippen LogP contribution in [0.3, 0.4) is 0 Å². The van der Waals surface area contributed by atoms with Gasteiger partial charge in [-0.3, -0.25) is 4.79 Å². The number of nitrogens with zero attached hydrogens (tertiary/aromatic N) is 1. The summed E-state index contributed by atoms with van der Waals surface area (Å²) in [5.41, 5.74) is 4.39. The largest absolute Gasteiger partial charge is 0.493 e. The average molecular weight is 552 g/mol. The Bertz CT molecular complexity index is 1440. The molecular weight excluding hydrogens is 514 g/mol. The van der Waals surface area contributed by atoms with Crippen molar-refractivity contribution in [3.8, 4) is 23.0 Å². The fraction of sp³-hybridized carbons (Fsp3) is 0.286. The summed E-state index contributed by atoms with van der Waals surface area (Å²) in [5.74, 6) is 2.91. The lowest BCUT2D eigenvalue weighted by molar-refractivity contribution is -0.139. The Balaban J connectivity index is 1.38. The van der Waals surface area contributed by atoms with Crippen molar-refractivity contribution in [2.24, 2.45) is 5.92 Å². The predicted octanol–water partition coefficient (Wildman–Crippen LogP) is 6.67. The Labute approximate surface area is 242 Å². The summed E-state index contributed by atoms with van der Waals surface area (Å²) in [6, 6.07) is 32.3. The minimum absolute atomic E-state index is 0.164. The third-order valence-corrected chi connectivity index (χ3v) is 7.71. The van der Waals surface area contributed by atoms with Gasteiger partial charge in [-0.15, -0.1) is 0 Å². The maximum absolute atomic E-state index is 13.8. The molecule has 0 saturated carbocycles. The molecule has 1 aliphatic rings. The van der Waals surface area contributed by atoms with Gasteiger partial charge in [-0.1, -0.05) is 72.8 Å². The van der Waals surface area contributed by atoms with Gasteiger partial charge in [0.05, 0.1) is 21.3 Å². The number of amides is 1. The first-order valence-corrected chi connectivity index (χ1v) is 14.0. The summed E-state index contributed by atoms with van der Waals surface area (Å²) in [6.07, 6.45) is 1.36. The van der Waals surface area contributed by atoms with Crippen LogP contribution in [0.1, 0.15) is 34.6 Å². The molecule has 0 bridgehead atoms. The zero-order chi connectivity index (χ0) is 28.6. The van der Waals surface area contributed by atoms with Gasteiger partial charge in [-0.25, -0.2) is 0 Å². The van der Waals surface area contributed by atoms with E-state index in [1.807, 2.05) is 83.8 Å². The van der Waals surface area contributed by atoms with Crippen molar-refractivity contribution in [3.63, 3.8) is 0 Å². The molecule has 41 heavy (non-hydrogen) atoms. The van der Waals surface area contributed by atoms with E-state index in [2.05, 4.69) is 18.2 Å². The number of ether oxygens (including phenoxy) is 4. The highest BCUT2D eigenvalue weighted by Gasteiger charge is 2.35. The van der Waals surface area contributed by atoms with Gasteiger partial charge in [0, 0.05) is 24.9 Å². The van der Waals surface area contributed by atoms with E-state index in [9.17, 15) is 4.79 Å². The summed E-state index contributed by atoms with van der Waals surface area (Å²) in [6.45, 7) is 1.68. The molecule has 2 unspecified atom stereocenters. The number of likely N-dealkylation sites (tertiary alicyclic amines) is 1. The first kappa shape index (κ1) is 28.1. The van der Waals surface area contributed by atoms with Crippen molar-refractivity contribution in [3.05, 3.63) is 119 Å². The number of carbonyl (C=O) groups excluding carboxylic acids is 1. The van der Waals surface area contributed by atoms with E-state index in [0.29, 0.717) is 49.1 Å². The summed E-state index contributed by atoms with van der Waals surface area (Å²) < 4.78 is 22.8. The quantitative estimate of drug-likeness (QED) is 0.209. The van der Waals surface area contributed by atoms with Crippen LogP contribution in [0.25, 0.3) is 0 Å². The smallest absolute Gasteiger partial charge is 0.226 e. The lowest BCUT2D eigenvalue weighted by atomic mass is 9.81. The third-order valence-electron chi connectivity index (χ3n) is 7.71. The first-order valence-electron chi connectivity index (χ1n) is 14.0. The Hall–Kier alpha value is -4.45. The number of benzene rings is 4. The van der Waals surface area contributed by atoms with Crippen molar-refractivity contribution < 1.29 is 23.7 Å². The van der Waals surface area contributed by atoms with Crippen molar-refractivity contribution in [1.82, 2.24) is 4.90 Å². The molecule has 1 heterocycles. The molecule has 1 fully saturated rings. The van der Waals surface area contributed by atoms with Crippen LogP contribution in [-0.4, -0.2) is 38.7 Å². The molecule has 5 rings (SSSR count). The fourth-order valence-electron chi connectivity index (χ4n) is 5.58. The van der Waals surface area contributed by atoms with Gasteiger partial charge in [-0.05, 0) is 59.4 Å². The third kappa shape index (κ3) is 6.83. The average Bonchev–Trinajstić information content (AvgIpc) is 3.02. The van der Waals surface area contributed by atoms with Gasteiger partial charge in [0.15, 0.2) is 23.0 Å². The zero-order valence-electron chi connectivity index (χ0n) is 23.9. The molecular formula is C35H37NO5.